The Bertz CT molecular complexity index is 630. The minimum absolute atomic E-state index is 0.364. The predicted octanol–water partition coefficient (Wildman–Crippen LogP) is 6.02. The van der Waals surface area contributed by atoms with Crippen LogP contribution in [0.15, 0.2) is 53.5 Å². The molecule has 0 amide bonds. The molecule has 1 heteroatoms. The van der Waals surface area contributed by atoms with E-state index in [1.807, 2.05) is 0 Å². The van der Waals surface area contributed by atoms with Crippen molar-refractivity contribution in [1.29, 1.82) is 0 Å². The zero-order chi connectivity index (χ0) is 16.8. The second-order valence-corrected chi connectivity index (χ2v) is 6.85. The summed E-state index contributed by atoms with van der Waals surface area (Å²) in [5, 5.41) is 0. The van der Waals surface area contributed by atoms with Gasteiger partial charge in [0.05, 0.1) is 6.04 Å². The molecule has 0 heterocycles. The zero-order valence-corrected chi connectivity index (χ0v) is 15.1. The van der Waals surface area contributed by atoms with E-state index in [1.165, 1.54) is 22.3 Å². The maximum Gasteiger partial charge on any atom is 0.0545 e. The fourth-order valence-corrected chi connectivity index (χ4v) is 3.22. The molecule has 0 aliphatic carbocycles. The SMILES string of the molecule is CCc1cccc(-c2ccccc2)c1C=NC(C(C)C)C(C)C. The Morgan fingerprint density at radius 3 is 2.09 bits per heavy atom. The van der Waals surface area contributed by atoms with Gasteiger partial charge in [0.25, 0.3) is 0 Å². The second kappa shape index (κ2) is 8.10. The van der Waals surface area contributed by atoms with E-state index in [-0.39, 0.29) is 0 Å². The molecule has 0 aliphatic heterocycles. The van der Waals surface area contributed by atoms with Crippen LogP contribution < -0.4 is 0 Å². The van der Waals surface area contributed by atoms with E-state index in [1.54, 1.807) is 0 Å². The molecule has 0 saturated carbocycles. The summed E-state index contributed by atoms with van der Waals surface area (Å²) in [7, 11) is 0. The average molecular weight is 307 g/mol. The first-order valence-corrected chi connectivity index (χ1v) is 8.75. The average Bonchev–Trinajstić information content (AvgIpc) is 2.55. The maximum absolute atomic E-state index is 4.96. The lowest BCUT2D eigenvalue weighted by Gasteiger charge is -2.21. The van der Waals surface area contributed by atoms with Crippen LogP contribution in [0.2, 0.25) is 0 Å². The van der Waals surface area contributed by atoms with Gasteiger partial charge in [0, 0.05) is 11.8 Å². The zero-order valence-electron chi connectivity index (χ0n) is 15.1. The van der Waals surface area contributed by atoms with Crippen LogP contribution in [0, 0.1) is 11.8 Å². The van der Waals surface area contributed by atoms with E-state index in [2.05, 4.69) is 89.4 Å². The summed E-state index contributed by atoms with van der Waals surface area (Å²) < 4.78 is 0. The molecule has 0 radical (unpaired) electrons. The van der Waals surface area contributed by atoms with Crippen molar-refractivity contribution >= 4 is 6.21 Å². The van der Waals surface area contributed by atoms with E-state index in [0.717, 1.165) is 6.42 Å². The number of nitrogens with zero attached hydrogens (tertiary/aromatic N) is 1. The molecular formula is C22H29N. The van der Waals surface area contributed by atoms with Crippen molar-refractivity contribution < 1.29 is 0 Å². The van der Waals surface area contributed by atoms with Crippen LogP contribution in [0.25, 0.3) is 11.1 Å². The van der Waals surface area contributed by atoms with Crippen molar-refractivity contribution in [2.75, 3.05) is 0 Å². The van der Waals surface area contributed by atoms with Crippen molar-refractivity contribution in [2.45, 2.75) is 47.1 Å². The summed E-state index contributed by atoms with van der Waals surface area (Å²) >= 11 is 0. The molecule has 2 rings (SSSR count). The first-order valence-electron chi connectivity index (χ1n) is 8.75. The summed E-state index contributed by atoms with van der Waals surface area (Å²) in [6, 6.07) is 17.5. The van der Waals surface area contributed by atoms with Gasteiger partial charge in [-0.3, -0.25) is 4.99 Å². The molecule has 2 aromatic carbocycles. The van der Waals surface area contributed by atoms with Gasteiger partial charge in [-0.15, -0.1) is 0 Å². The highest BCUT2D eigenvalue weighted by Crippen LogP contribution is 2.26. The molecule has 23 heavy (non-hydrogen) atoms. The van der Waals surface area contributed by atoms with E-state index in [9.17, 15) is 0 Å². The van der Waals surface area contributed by atoms with Crippen LogP contribution >= 0.6 is 0 Å². The van der Waals surface area contributed by atoms with Crippen molar-refractivity contribution in [3.05, 3.63) is 59.7 Å². The highest BCUT2D eigenvalue weighted by Gasteiger charge is 2.16. The maximum atomic E-state index is 4.96. The van der Waals surface area contributed by atoms with Gasteiger partial charge in [-0.05, 0) is 34.9 Å². The van der Waals surface area contributed by atoms with Gasteiger partial charge in [0.2, 0.25) is 0 Å². The van der Waals surface area contributed by atoms with Crippen LogP contribution in [0.3, 0.4) is 0 Å². The number of aryl methyl sites for hydroxylation is 1. The summed E-state index contributed by atoms with van der Waals surface area (Å²) in [5.41, 5.74) is 5.17. The van der Waals surface area contributed by atoms with E-state index < -0.39 is 0 Å². The van der Waals surface area contributed by atoms with Gasteiger partial charge in [-0.2, -0.15) is 0 Å². The lowest BCUT2D eigenvalue weighted by atomic mass is 9.92. The Morgan fingerprint density at radius 2 is 1.52 bits per heavy atom. The molecule has 0 aliphatic rings. The van der Waals surface area contributed by atoms with Crippen LogP contribution in [0.4, 0.5) is 0 Å². The Balaban J connectivity index is 2.48. The molecule has 1 nitrogen and oxygen atoms in total. The minimum atomic E-state index is 0.364. The second-order valence-electron chi connectivity index (χ2n) is 6.85. The lowest BCUT2D eigenvalue weighted by molar-refractivity contribution is 0.390. The highest BCUT2D eigenvalue weighted by molar-refractivity contribution is 5.92. The van der Waals surface area contributed by atoms with Crippen molar-refractivity contribution in [3.8, 4) is 11.1 Å². The third-order valence-electron chi connectivity index (χ3n) is 4.40. The number of benzene rings is 2. The number of aliphatic imine (C=N–C) groups is 1. The van der Waals surface area contributed by atoms with Crippen LogP contribution in [-0.4, -0.2) is 12.3 Å². The predicted molar refractivity (Wildman–Crippen MR) is 102 cm³/mol. The highest BCUT2D eigenvalue weighted by atomic mass is 14.8. The quantitative estimate of drug-likeness (QED) is 0.579. The van der Waals surface area contributed by atoms with Gasteiger partial charge in [-0.1, -0.05) is 83.1 Å². The first-order chi connectivity index (χ1) is 11.0. The van der Waals surface area contributed by atoms with Crippen molar-refractivity contribution in [3.63, 3.8) is 0 Å². The molecule has 0 unspecified atom stereocenters. The number of rotatable bonds is 6. The van der Waals surface area contributed by atoms with Gasteiger partial charge in [-0.25, -0.2) is 0 Å². The van der Waals surface area contributed by atoms with Crippen LogP contribution in [0.5, 0.6) is 0 Å². The number of hydrogen-bond donors (Lipinski definition) is 0. The molecule has 2 aromatic rings. The van der Waals surface area contributed by atoms with Gasteiger partial charge in [0.15, 0.2) is 0 Å². The number of hydrogen-bond acceptors (Lipinski definition) is 1. The van der Waals surface area contributed by atoms with Crippen LogP contribution in [-0.2, 0) is 6.42 Å². The molecular weight excluding hydrogens is 278 g/mol. The molecule has 0 bridgehead atoms. The van der Waals surface area contributed by atoms with E-state index in [0.29, 0.717) is 17.9 Å². The van der Waals surface area contributed by atoms with Gasteiger partial charge in [0.1, 0.15) is 0 Å². The minimum Gasteiger partial charge on any atom is -0.289 e. The lowest BCUT2D eigenvalue weighted by Crippen LogP contribution is -2.20. The van der Waals surface area contributed by atoms with E-state index in [4.69, 9.17) is 4.99 Å². The molecule has 0 saturated heterocycles. The van der Waals surface area contributed by atoms with Crippen molar-refractivity contribution in [1.82, 2.24) is 0 Å². The largest absolute Gasteiger partial charge is 0.289 e. The third kappa shape index (κ3) is 4.31. The molecule has 122 valence electrons. The topological polar surface area (TPSA) is 12.4 Å². The summed E-state index contributed by atoms with van der Waals surface area (Å²) in [6.07, 6.45) is 3.14. The molecule has 0 aromatic heterocycles. The Hall–Kier alpha value is -1.89. The smallest absolute Gasteiger partial charge is 0.0545 e. The Morgan fingerprint density at radius 1 is 0.870 bits per heavy atom. The van der Waals surface area contributed by atoms with Gasteiger partial charge >= 0.3 is 0 Å². The standard InChI is InChI=1S/C22H29N/c1-6-18-13-10-14-20(19-11-8-7-9-12-19)21(18)15-23-22(16(2)3)17(4)5/h7-17,22H,6H2,1-5H3. The summed E-state index contributed by atoms with van der Waals surface area (Å²) in [4.78, 5) is 4.96. The molecule has 0 spiro atoms. The Labute approximate surface area is 141 Å². The van der Waals surface area contributed by atoms with Crippen molar-refractivity contribution in [2.24, 2.45) is 16.8 Å². The van der Waals surface area contributed by atoms with Gasteiger partial charge < -0.3 is 0 Å². The normalized spacial score (nSPS) is 12.0. The first kappa shape index (κ1) is 17.5. The molecule has 0 fully saturated rings. The fraction of sp³-hybridized carbons (Fsp3) is 0.409. The Kier molecular flexibility index (Phi) is 6.15. The fourth-order valence-electron chi connectivity index (χ4n) is 3.22. The third-order valence-corrected chi connectivity index (χ3v) is 4.40. The summed E-state index contributed by atoms with van der Waals surface area (Å²) in [5.74, 6) is 1.11. The summed E-state index contributed by atoms with van der Waals surface area (Å²) in [6.45, 7) is 11.2. The molecule has 0 N–H and O–H groups in total. The van der Waals surface area contributed by atoms with Crippen LogP contribution in [0.1, 0.15) is 45.7 Å². The molecule has 0 atom stereocenters. The van der Waals surface area contributed by atoms with E-state index >= 15 is 0 Å². The monoisotopic (exact) mass is 307 g/mol.